The van der Waals surface area contributed by atoms with E-state index in [1.54, 1.807) is 0 Å². The van der Waals surface area contributed by atoms with Crippen molar-refractivity contribution < 1.29 is 9.72 Å². The molecule has 144 valence electrons. The number of aryl methyl sites for hydroxylation is 1. The SMILES string of the molecule is CCCc1cc(=O)[nH]c(SCC(=O)NCCNc2ccc([N+](=O)[O-])cn2)n1. The summed E-state index contributed by atoms with van der Waals surface area (Å²) < 4.78 is 0. The molecule has 0 saturated carbocycles. The largest absolute Gasteiger partial charge is 0.368 e. The molecule has 1 amide bonds. The molecular weight excluding hydrogens is 372 g/mol. The van der Waals surface area contributed by atoms with Crippen LogP contribution in [-0.2, 0) is 11.2 Å². The molecule has 0 atom stereocenters. The number of hydrogen-bond donors (Lipinski definition) is 3. The fraction of sp³-hybridized carbons (Fsp3) is 0.375. The number of nitrogens with zero attached hydrogens (tertiary/aromatic N) is 3. The Balaban J connectivity index is 1.70. The van der Waals surface area contributed by atoms with Gasteiger partial charge in [-0.25, -0.2) is 9.97 Å². The zero-order valence-electron chi connectivity index (χ0n) is 14.7. The van der Waals surface area contributed by atoms with Gasteiger partial charge in [-0.15, -0.1) is 0 Å². The van der Waals surface area contributed by atoms with Crippen molar-refractivity contribution in [3.63, 3.8) is 0 Å². The lowest BCUT2D eigenvalue weighted by atomic mass is 10.2. The molecule has 0 fully saturated rings. The second-order valence-corrected chi connectivity index (χ2v) is 6.48. The first-order valence-electron chi connectivity index (χ1n) is 8.32. The Morgan fingerprint density at radius 3 is 2.85 bits per heavy atom. The molecular formula is C16H20N6O4S. The Hall–Kier alpha value is -2.95. The van der Waals surface area contributed by atoms with E-state index in [1.165, 1.54) is 30.0 Å². The zero-order chi connectivity index (χ0) is 19.6. The van der Waals surface area contributed by atoms with Gasteiger partial charge in [0.2, 0.25) is 5.91 Å². The Bertz CT molecular complexity index is 840. The predicted molar refractivity (Wildman–Crippen MR) is 102 cm³/mol. The molecule has 2 rings (SSSR count). The second kappa shape index (κ2) is 10.3. The molecule has 0 bridgehead atoms. The van der Waals surface area contributed by atoms with Crippen LogP contribution in [0, 0.1) is 10.1 Å². The Labute approximate surface area is 159 Å². The van der Waals surface area contributed by atoms with Crippen molar-refractivity contribution in [3.05, 3.63) is 50.6 Å². The number of amides is 1. The van der Waals surface area contributed by atoms with Gasteiger partial charge in [-0.05, 0) is 12.5 Å². The van der Waals surface area contributed by atoms with E-state index < -0.39 is 4.92 Å². The maximum atomic E-state index is 11.9. The van der Waals surface area contributed by atoms with Gasteiger partial charge in [-0.2, -0.15) is 0 Å². The average molecular weight is 392 g/mol. The van der Waals surface area contributed by atoms with Crippen LogP contribution in [-0.4, -0.2) is 44.6 Å². The third-order valence-electron chi connectivity index (χ3n) is 3.33. The second-order valence-electron chi connectivity index (χ2n) is 5.52. The first kappa shape index (κ1) is 20.4. The van der Waals surface area contributed by atoms with Crippen LogP contribution >= 0.6 is 11.8 Å². The molecule has 3 N–H and O–H groups in total. The van der Waals surface area contributed by atoms with Crippen LogP contribution in [0.5, 0.6) is 0 Å². The third-order valence-corrected chi connectivity index (χ3v) is 4.20. The fourth-order valence-corrected chi connectivity index (χ4v) is 2.84. The Morgan fingerprint density at radius 2 is 2.19 bits per heavy atom. The highest BCUT2D eigenvalue weighted by molar-refractivity contribution is 7.99. The lowest BCUT2D eigenvalue weighted by Gasteiger charge is -2.07. The van der Waals surface area contributed by atoms with Crippen LogP contribution in [0.1, 0.15) is 19.0 Å². The van der Waals surface area contributed by atoms with E-state index in [9.17, 15) is 19.7 Å². The molecule has 0 spiro atoms. The molecule has 27 heavy (non-hydrogen) atoms. The summed E-state index contributed by atoms with van der Waals surface area (Å²) in [6, 6.07) is 4.32. The molecule has 2 heterocycles. The molecule has 0 unspecified atom stereocenters. The number of carbonyl (C=O) groups excluding carboxylic acids is 1. The molecule has 0 radical (unpaired) electrons. The van der Waals surface area contributed by atoms with E-state index in [-0.39, 0.29) is 22.9 Å². The highest BCUT2D eigenvalue weighted by Crippen LogP contribution is 2.12. The maximum absolute atomic E-state index is 11.9. The minimum Gasteiger partial charge on any atom is -0.368 e. The monoisotopic (exact) mass is 392 g/mol. The maximum Gasteiger partial charge on any atom is 0.287 e. The first-order chi connectivity index (χ1) is 13.0. The molecule has 2 aromatic heterocycles. The highest BCUT2D eigenvalue weighted by atomic mass is 32.2. The summed E-state index contributed by atoms with van der Waals surface area (Å²) in [5.41, 5.74) is 0.403. The van der Waals surface area contributed by atoms with Gasteiger partial charge in [0.05, 0.1) is 10.7 Å². The number of aromatic nitrogens is 3. The summed E-state index contributed by atoms with van der Waals surface area (Å²) in [5.74, 6) is 0.426. The van der Waals surface area contributed by atoms with E-state index in [0.717, 1.165) is 12.6 Å². The topological polar surface area (TPSA) is 143 Å². The normalized spacial score (nSPS) is 10.4. The Kier molecular flexibility index (Phi) is 7.74. The molecule has 0 saturated heterocycles. The molecule has 2 aromatic rings. The number of H-pyrrole nitrogens is 1. The molecule has 10 nitrogen and oxygen atoms in total. The van der Waals surface area contributed by atoms with Crippen molar-refractivity contribution in [1.82, 2.24) is 20.3 Å². The zero-order valence-corrected chi connectivity index (χ0v) is 15.5. The van der Waals surface area contributed by atoms with E-state index in [2.05, 4.69) is 25.6 Å². The minimum absolute atomic E-state index is 0.0828. The van der Waals surface area contributed by atoms with Crippen LogP contribution in [0.15, 0.2) is 34.3 Å². The van der Waals surface area contributed by atoms with Crippen LogP contribution < -0.4 is 16.2 Å². The number of nitro groups is 1. The van der Waals surface area contributed by atoms with Crippen molar-refractivity contribution in [2.45, 2.75) is 24.9 Å². The van der Waals surface area contributed by atoms with E-state index in [0.29, 0.717) is 36.2 Å². The molecule has 0 aliphatic carbocycles. The van der Waals surface area contributed by atoms with Crippen molar-refractivity contribution in [1.29, 1.82) is 0 Å². The summed E-state index contributed by atoms with van der Waals surface area (Å²) in [5, 5.41) is 16.7. The van der Waals surface area contributed by atoms with Gasteiger partial charge in [0.15, 0.2) is 5.16 Å². The smallest absolute Gasteiger partial charge is 0.287 e. The van der Waals surface area contributed by atoms with Gasteiger partial charge in [-0.3, -0.25) is 19.7 Å². The number of carbonyl (C=O) groups is 1. The molecule has 11 heteroatoms. The molecule has 0 aromatic carbocycles. The number of rotatable bonds is 10. The van der Waals surface area contributed by atoms with Crippen molar-refractivity contribution in [2.75, 3.05) is 24.2 Å². The number of aromatic amines is 1. The van der Waals surface area contributed by atoms with Gasteiger partial charge in [0, 0.05) is 30.9 Å². The van der Waals surface area contributed by atoms with Crippen molar-refractivity contribution in [3.8, 4) is 0 Å². The predicted octanol–water partition coefficient (Wildman–Crippen LogP) is 1.35. The van der Waals surface area contributed by atoms with E-state index in [4.69, 9.17) is 0 Å². The summed E-state index contributed by atoms with van der Waals surface area (Å²) in [6.07, 6.45) is 2.77. The third kappa shape index (κ3) is 7.05. The quantitative estimate of drug-likeness (QED) is 0.181. The average Bonchev–Trinajstić information content (AvgIpc) is 2.64. The first-order valence-corrected chi connectivity index (χ1v) is 9.30. The van der Waals surface area contributed by atoms with Crippen LogP contribution in [0.4, 0.5) is 11.5 Å². The molecule has 0 aliphatic heterocycles. The lowest BCUT2D eigenvalue weighted by Crippen LogP contribution is -2.30. The summed E-state index contributed by atoms with van der Waals surface area (Å²) in [6.45, 7) is 2.78. The van der Waals surface area contributed by atoms with Gasteiger partial charge in [0.25, 0.3) is 11.2 Å². The highest BCUT2D eigenvalue weighted by Gasteiger charge is 2.07. The standard InChI is InChI=1S/C16H20N6O4S/c1-2-3-11-8-14(23)21-16(20-11)27-10-15(24)18-7-6-17-13-5-4-12(9-19-13)22(25)26/h4-5,8-9H,2-3,6-7,10H2,1H3,(H,17,19)(H,18,24)(H,20,21,23). The summed E-state index contributed by atoms with van der Waals surface area (Å²) >= 11 is 1.17. The number of pyridine rings is 1. The van der Waals surface area contributed by atoms with Crippen molar-refractivity contribution >= 4 is 29.2 Å². The number of hydrogen-bond acceptors (Lipinski definition) is 8. The van der Waals surface area contributed by atoms with Crippen LogP contribution in [0.2, 0.25) is 0 Å². The van der Waals surface area contributed by atoms with Gasteiger partial charge >= 0.3 is 0 Å². The summed E-state index contributed by atoms with van der Waals surface area (Å²) in [4.78, 5) is 44.3. The van der Waals surface area contributed by atoms with E-state index >= 15 is 0 Å². The fourth-order valence-electron chi connectivity index (χ4n) is 2.11. The van der Waals surface area contributed by atoms with Gasteiger partial charge < -0.3 is 15.6 Å². The summed E-state index contributed by atoms with van der Waals surface area (Å²) in [7, 11) is 0. The van der Waals surface area contributed by atoms with Crippen LogP contribution in [0.25, 0.3) is 0 Å². The number of anilines is 1. The number of thioether (sulfide) groups is 1. The minimum atomic E-state index is -0.519. The van der Waals surface area contributed by atoms with Gasteiger partial charge in [-0.1, -0.05) is 25.1 Å². The Morgan fingerprint density at radius 1 is 1.37 bits per heavy atom. The van der Waals surface area contributed by atoms with Crippen molar-refractivity contribution in [2.24, 2.45) is 0 Å². The number of nitrogens with one attached hydrogen (secondary N) is 3. The lowest BCUT2D eigenvalue weighted by molar-refractivity contribution is -0.385. The van der Waals surface area contributed by atoms with Crippen LogP contribution in [0.3, 0.4) is 0 Å². The molecule has 0 aliphatic rings. The van der Waals surface area contributed by atoms with Gasteiger partial charge in [0.1, 0.15) is 12.0 Å². The van der Waals surface area contributed by atoms with E-state index in [1.807, 2.05) is 6.92 Å².